The summed E-state index contributed by atoms with van der Waals surface area (Å²) in [6.07, 6.45) is 1.42. The third kappa shape index (κ3) is 3.00. The largest absolute Gasteiger partial charge is 0.465 e. The van der Waals surface area contributed by atoms with Gasteiger partial charge in [0.15, 0.2) is 0 Å². The van der Waals surface area contributed by atoms with E-state index in [9.17, 15) is 9.18 Å². The highest BCUT2D eigenvalue weighted by molar-refractivity contribution is 6.33. The maximum atomic E-state index is 13.6. The van der Waals surface area contributed by atoms with Crippen LogP contribution in [0.2, 0.25) is 5.02 Å². The van der Waals surface area contributed by atoms with Crippen molar-refractivity contribution in [3.63, 3.8) is 0 Å². The summed E-state index contributed by atoms with van der Waals surface area (Å²) in [6, 6.07) is 7.28. The summed E-state index contributed by atoms with van der Waals surface area (Å²) < 4.78 is 18.2. The van der Waals surface area contributed by atoms with Crippen molar-refractivity contribution in [3.8, 4) is 0 Å². The number of nitrogens with one attached hydrogen (secondary N) is 1. The highest BCUT2D eigenvalue weighted by atomic mass is 35.5. The van der Waals surface area contributed by atoms with Crippen LogP contribution in [-0.2, 0) is 4.74 Å². The van der Waals surface area contributed by atoms with Crippen molar-refractivity contribution in [2.75, 3.05) is 12.4 Å². The van der Waals surface area contributed by atoms with Crippen LogP contribution in [0, 0.1) is 5.82 Å². The SMILES string of the molecule is COC(=O)c1ccnc(Nc2c(F)cccc2Cl)c1. The molecule has 0 aliphatic heterocycles. The first-order valence-electron chi connectivity index (χ1n) is 5.37. The molecule has 0 amide bonds. The van der Waals surface area contributed by atoms with Crippen LogP contribution in [0.15, 0.2) is 36.5 Å². The van der Waals surface area contributed by atoms with Crippen molar-refractivity contribution in [1.29, 1.82) is 0 Å². The van der Waals surface area contributed by atoms with Crippen LogP contribution in [0.1, 0.15) is 10.4 Å². The highest BCUT2D eigenvalue weighted by Crippen LogP contribution is 2.27. The average Bonchev–Trinajstić information content (AvgIpc) is 2.42. The van der Waals surface area contributed by atoms with Crippen LogP contribution >= 0.6 is 11.6 Å². The van der Waals surface area contributed by atoms with Gasteiger partial charge in [-0.3, -0.25) is 0 Å². The van der Waals surface area contributed by atoms with Gasteiger partial charge in [-0.25, -0.2) is 14.2 Å². The molecule has 0 radical (unpaired) electrons. The van der Waals surface area contributed by atoms with Crippen molar-refractivity contribution < 1.29 is 13.9 Å². The molecule has 0 atom stereocenters. The molecule has 2 aromatic rings. The Morgan fingerprint density at radius 2 is 2.21 bits per heavy atom. The second kappa shape index (κ2) is 5.67. The molecule has 0 fully saturated rings. The Morgan fingerprint density at radius 1 is 1.42 bits per heavy atom. The molecule has 98 valence electrons. The van der Waals surface area contributed by atoms with E-state index in [1.807, 2.05) is 0 Å². The summed E-state index contributed by atoms with van der Waals surface area (Å²) in [7, 11) is 1.28. The zero-order chi connectivity index (χ0) is 13.8. The van der Waals surface area contributed by atoms with Gasteiger partial charge in [0.05, 0.1) is 23.4 Å². The summed E-state index contributed by atoms with van der Waals surface area (Å²) in [5, 5.41) is 2.96. The van der Waals surface area contributed by atoms with Gasteiger partial charge >= 0.3 is 5.97 Å². The van der Waals surface area contributed by atoms with Crippen molar-refractivity contribution in [3.05, 3.63) is 52.9 Å². The van der Waals surface area contributed by atoms with E-state index in [0.29, 0.717) is 11.4 Å². The van der Waals surface area contributed by atoms with Gasteiger partial charge in [0.25, 0.3) is 0 Å². The molecular weight excluding hydrogens is 271 g/mol. The molecule has 1 aromatic heterocycles. The Bertz CT molecular complexity index is 599. The first-order valence-corrected chi connectivity index (χ1v) is 5.75. The Labute approximate surface area is 114 Å². The maximum absolute atomic E-state index is 13.6. The maximum Gasteiger partial charge on any atom is 0.338 e. The molecule has 19 heavy (non-hydrogen) atoms. The molecule has 1 heterocycles. The number of hydrogen-bond donors (Lipinski definition) is 1. The number of carbonyl (C=O) groups excluding carboxylic acids is 1. The van der Waals surface area contributed by atoms with Crippen molar-refractivity contribution in [2.45, 2.75) is 0 Å². The minimum Gasteiger partial charge on any atom is -0.465 e. The van der Waals surface area contributed by atoms with Gasteiger partial charge in [-0.2, -0.15) is 0 Å². The average molecular weight is 281 g/mol. The van der Waals surface area contributed by atoms with E-state index in [4.69, 9.17) is 11.6 Å². The van der Waals surface area contributed by atoms with E-state index in [1.165, 1.54) is 37.6 Å². The molecule has 1 aromatic carbocycles. The molecule has 4 nitrogen and oxygen atoms in total. The second-order valence-electron chi connectivity index (χ2n) is 3.64. The van der Waals surface area contributed by atoms with Crippen LogP contribution < -0.4 is 5.32 Å². The number of esters is 1. The minimum absolute atomic E-state index is 0.110. The van der Waals surface area contributed by atoms with Crippen LogP contribution in [0.4, 0.5) is 15.9 Å². The Balaban J connectivity index is 2.31. The first-order chi connectivity index (χ1) is 9.11. The number of ether oxygens (including phenoxy) is 1. The Hall–Kier alpha value is -2.14. The highest BCUT2D eigenvalue weighted by Gasteiger charge is 2.10. The lowest BCUT2D eigenvalue weighted by Gasteiger charge is -2.09. The van der Waals surface area contributed by atoms with Crippen LogP contribution in [0.5, 0.6) is 0 Å². The number of rotatable bonds is 3. The number of hydrogen-bond acceptors (Lipinski definition) is 4. The smallest absolute Gasteiger partial charge is 0.338 e. The Kier molecular flexibility index (Phi) is 3.97. The van der Waals surface area contributed by atoms with Gasteiger partial charge in [-0.15, -0.1) is 0 Å². The summed E-state index contributed by atoms with van der Waals surface area (Å²) in [5.41, 5.74) is 0.422. The molecule has 0 saturated heterocycles. The summed E-state index contributed by atoms with van der Waals surface area (Å²) >= 11 is 5.89. The fraction of sp³-hybridized carbons (Fsp3) is 0.0769. The summed E-state index contributed by atoms with van der Waals surface area (Å²) in [6.45, 7) is 0. The molecule has 0 aliphatic carbocycles. The lowest BCUT2D eigenvalue weighted by molar-refractivity contribution is 0.0600. The normalized spacial score (nSPS) is 10.1. The molecule has 0 unspecified atom stereocenters. The number of pyridine rings is 1. The molecule has 0 aliphatic rings. The number of methoxy groups -OCH3 is 1. The van der Waals surface area contributed by atoms with E-state index in [1.54, 1.807) is 6.07 Å². The topological polar surface area (TPSA) is 51.2 Å². The fourth-order valence-corrected chi connectivity index (χ4v) is 1.70. The predicted molar refractivity (Wildman–Crippen MR) is 70.3 cm³/mol. The molecule has 1 N–H and O–H groups in total. The number of carbonyl (C=O) groups is 1. The fourth-order valence-electron chi connectivity index (χ4n) is 1.49. The van der Waals surface area contributed by atoms with E-state index in [2.05, 4.69) is 15.0 Å². The first kappa shape index (κ1) is 13.3. The van der Waals surface area contributed by atoms with Crippen molar-refractivity contribution >= 4 is 29.1 Å². The quantitative estimate of drug-likeness (QED) is 0.876. The van der Waals surface area contributed by atoms with Gasteiger partial charge in [0, 0.05) is 6.20 Å². The number of halogens is 2. The van der Waals surface area contributed by atoms with Crippen LogP contribution in [0.25, 0.3) is 0 Å². The van der Waals surface area contributed by atoms with Crippen LogP contribution in [-0.4, -0.2) is 18.1 Å². The zero-order valence-corrected chi connectivity index (χ0v) is 10.7. The van der Waals surface area contributed by atoms with E-state index in [0.717, 1.165) is 0 Å². The molecule has 0 saturated carbocycles. The van der Waals surface area contributed by atoms with Crippen molar-refractivity contribution in [2.24, 2.45) is 0 Å². The van der Waals surface area contributed by atoms with Crippen LogP contribution in [0.3, 0.4) is 0 Å². The molecular formula is C13H10ClFN2O2. The number of anilines is 2. The van der Waals surface area contributed by atoms with E-state index < -0.39 is 11.8 Å². The number of para-hydroxylation sites is 1. The van der Waals surface area contributed by atoms with Gasteiger partial charge < -0.3 is 10.1 Å². The second-order valence-corrected chi connectivity index (χ2v) is 4.05. The molecule has 0 spiro atoms. The number of aromatic nitrogens is 1. The predicted octanol–water partition coefficient (Wildman–Crippen LogP) is 3.40. The Morgan fingerprint density at radius 3 is 2.89 bits per heavy atom. The molecule has 6 heteroatoms. The van der Waals surface area contributed by atoms with Gasteiger partial charge in [-0.05, 0) is 24.3 Å². The zero-order valence-electron chi connectivity index (χ0n) is 9.98. The van der Waals surface area contributed by atoms with Gasteiger partial charge in [0.1, 0.15) is 11.6 Å². The van der Waals surface area contributed by atoms with E-state index >= 15 is 0 Å². The minimum atomic E-state index is -0.502. The standard InChI is InChI=1S/C13H10ClFN2O2/c1-19-13(18)8-5-6-16-11(7-8)17-12-9(14)3-2-4-10(12)15/h2-7H,1H3,(H,16,17). The van der Waals surface area contributed by atoms with Gasteiger partial charge in [-0.1, -0.05) is 17.7 Å². The molecule has 2 rings (SSSR count). The molecule has 0 bridgehead atoms. The third-order valence-electron chi connectivity index (χ3n) is 2.40. The number of benzene rings is 1. The third-order valence-corrected chi connectivity index (χ3v) is 2.71. The lowest BCUT2D eigenvalue weighted by atomic mass is 10.2. The summed E-state index contributed by atoms with van der Waals surface area (Å²) in [4.78, 5) is 15.4. The van der Waals surface area contributed by atoms with E-state index in [-0.39, 0.29) is 10.7 Å². The summed E-state index contributed by atoms with van der Waals surface area (Å²) in [5.74, 6) is -0.697. The van der Waals surface area contributed by atoms with Gasteiger partial charge in [0.2, 0.25) is 0 Å². The monoisotopic (exact) mass is 280 g/mol. The lowest BCUT2D eigenvalue weighted by Crippen LogP contribution is -2.03. The van der Waals surface area contributed by atoms with Crippen molar-refractivity contribution in [1.82, 2.24) is 4.98 Å². The number of nitrogens with zero attached hydrogens (tertiary/aromatic N) is 1.